The summed E-state index contributed by atoms with van der Waals surface area (Å²) in [6, 6.07) is 20.3. The first-order valence-corrected chi connectivity index (χ1v) is 11.0. The van der Waals surface area contributed by atoms with Crippen LogP contribution in [0.25, 0.3) is 0 Å². The van der Waals surface area contributed by atoms with E-state index in [0.29, 0.717) is 23.9 Å². The summed E-state index contributed by atoms with van der Waals surface area (Å²) in [6.07, 6.45) is 5.34. The molecular weight excluding hydrogens is 386 g/mol. The van der Waals surface area contributed by atoms with Crippen LogP contribution in [-0.2, 0) is 19.5 Å². The Hall–Kier alpha value is -3.34. The van der Waals surface area contributed by atoms with Gasteiger partial charge in [-0.15, -0.1) is 0 Å². The number of anilines is 1. The van der Waals surface area contributed by atoms with Crippen molar-refractivity contribution in [1.82, 2.24) is 10.3 Å². The zero-order valence-electron chi connectivity index (χ0n) is 17.6. The Labute approximate surface area is 183 Å². The minimum atomic E-state index is -0.0791. The summed E-state index contributed by atoms with van der Waals surface area (Å²) >= 11 is 0. The molecule has 0 radical (unpaired) electrons. The van der Waals surface area contributed by atoms with Gasteiger partial charge in [0.15, 0.2) is 0 Å². The predicted molar refractivity (Wildman–Crippen MR) is 121 cm³/mol. The number of nitrogens with zero attached hydrogens (tertiary/aromatic N) is 2. The van der Waals surface area contributed by atoms with Crippen LogP contribution in [-0.4, -0.2) is 24.0 Å². The number of hydrogen-bond donors (Lipinski definition) is 1. The monoisotopic (exact) mass is 413 g/mol. The highest BCUT2D eigenvalue weighted by atomic mass is 16.5. The number of carbonyl (C=O) groups is 1. The molecule has 0 bridgehead atoms. The van der Waals surface area contributed by atoms with Gasteiger partial charge in [-0.2, -0.15) is 0 Å². The fourth-order valence-corrected chi connectivity index (χ4v) is 3.91. The average Bonchev–Trinajstić information content (AvgIpc) is 3.66. The van der Waals surface area contributed by atoms with Crippen molar-refractivity contribution in [2.24, 2.45) is 5.92 Å². The van der Waals surface area contributed by atoms with Gasteiger partial charge in [-0.05, 0) is 66.1 Å². The van der Waals surface area contributed by atoms with Gasteiger partial charge < -0.3 is 15.0 Å². The lowest BCUT2D eigenvalue weighted by molar-refractivity contribution is 0.0951. The third kappa shape index (κ3) is 4.88. The normalized spacial score (nSPS) is 15.3. The van der Waals surface area contributed by atoms with Crippen LogP contribution in [0.5, 0.6) is 5.88 Å². The first kappa shape index (κ1) is 19.6. The van der Waals surface area contributed by atoms with Crippen molar-refractivity contribution in [3.63, 3.8) is 0 Å². The molecule has 1 aromatic heterocycles. The van der Waals surface area contributed by atoms with Gasteiger partial charge in [0.2, 0.25) is 5.88 Å². The maximum absolute atomic E-state index is 12.6. The van der Waals surface area contributed by atoms with Crippen LogP contribution in [0.15, 0.2) is 66.9 Å². The molecule has 0 unspecified atom stereocenters. The van der Waals surface area contributed by atoms with Crippen LogP contribution < -0.4 is 15.0 Å². The van der Waals surface area contributed by atoms with Crippen molar-refractivity contribution < 1.29 is 9.53 Å². The molecule has 0 atom stereocenters. The van der Waals surface area contributed by atoms with Gasteiger partial charge >= 0.3 is 0 Å². The topological polar surface area (TPSA) is 54.5 Å². The van der Waals surface area contributed by atoms with E-state index in [1.54, 1.807) is 6.20 Å². The summed E-state index contributed by atoms with van der Waals surface area (Å²) < 4.78 is 5.66. The van der Waals surface area contributed by atoms with E-state index in [2.05, 4.69) is 39.5 Å². The highest BCUT2D eigenvalue weighted by molar-refractivity contribution is 5.94. The van der Waals surface area contributed by atoms with Gasteiger partial charge in [-0.3, -0.25) is 4.79 Å². The maximum Gasteiger partial charge on any atom is 0.251 e. The second-order valence-corrected chi connectivity index (χ2v) is 8.43. The van der Waals surface area contributed by atoms with Gasteiger partial charge in [0.25, 0.3) is 5.91 Å². The van der Waals surface area contributed by atoms with Gasteiger partial charge in [0, 0.05) is 43.1 Å². The molecule has 31 heavy (non-hydrogen) atoms. The lowest BCUT2D eigenvalue weighted by Gasteiger charge is -2.30. The zero-order valence-corrected chi connectivity index (χ0v) is 17.6. The Balaban J connectivity index is 1.14. The molecule has 5 heteroatoms. The fourth-order valence-electron chi connectivity index (χ4n) is 3.91. The molecule has 1 aliphatic carbocycles. The summed E-state index contributed by atoms with van der Waals surface area (Å²) in [6.45, 7) is 3.10. The van der Waals surface area contributed by atoms with Crippen LogP contribution in [0.4, 0.5) is 5.69 Å². The molecule has 1 fully saturated rings. The smallest absolute Gasteiger partial charge is 0.251 e. The number of aromatic nitrogens is 1. The van der Waals surface area contributed by atoms with Crippen molar-refractivity contribution in [3.8, 4) is 5.88 Å². The van der Waals surface area contributed by atoms with E-state index in [9.17, 15) is 4.79 Å². The maximum atomic E-state index is 12.6. The Morgan fingerprint density at radius 1 is 1.03 bits per heavy atom. The second-order valence-electron chi connectivity index (χ2n) is 8.43. The van der Waals surface area contributed by atoms with Crippen LogP contribution in [0, 0.1) is 5.92 Å². The van der Waals surface area contributed by atoms with Gasteiger partial charge in [-0.25, -0.2) is 4.98 Å². The number of nitrogens with one attached hydrogen (secondary N) is 1. The number of fused-ring (bicyclic) bond motifs is 1. The van der Waals surface area contributed by atoms with Gasteiger partial charge in [0.1, 0.15) is 0 Å². The van der Waals surface area contributed by atoms with E-state index in [1.807, 2.05) is 36.4 Å². The lowest BCUT2D eigenvalue weighted by atomic mass is 9.99. The number of benzene rings is 2. The summed E-state index contributed by atoms with van der Waals surface area (Å²) in [4.78, 5) is 19.2. The van der Waals surface area contributed by atoms with Crippen LogP contribution >= 0.6 is 0 Å². The van der Waals surface area contributed by atoms with Gasteiger partial charge in [-0.1, -0.05) is 30.3 Å². The predicted octanol–water partition coefficient (Wildman–Crippen LogP) is 4.36. The van der Waals surface area contributed by atoms with Crippen molar-refractivity contribution in [2.75, 3.05) is 18.1 Å². The molecule has 0 saturated heterocycles. The quantitative estimate of drug-likeness (QED) is 0.625. The van der Waals surface area contributed by atoms with E-state index in [1.165, 1.54) is 24.0 Å². The first-order chi connectivity index (χ1) is 15.2. The van der Waals surface area contributed by atoms with E-state index >= 15 is 0 Å². The Kier molecular flexibility index (Phi) is 5.57. The van der Waals surface area contributed by atoms with Crippen LogP contribution in [0.3, 0.4) is 0 Å². The largest absolute Gasteiger partial charge is 0.477 e. The molecule has 3 aromatic rings. The lowest BCUT2D eigenvalue weighted by Crippen LogP contribution is -2.30. The van der Waals surface area contributed by atoms with Crippen LogP contribution in [0.2, 0.25) is 0 Å². The molecule has 5 nitrogen and oxygen atoms in total. The second kappa shape index (κ2) is 8.80. The number of ether oxygens (including phenoxy) is 1. The molecule has 2 aromatic carbocycles. The third-order valence-electron chi connectivity index (χ3n) is 6.04. The number of hydrogen-bond acceptors (Lipinski definition) is 4. The van der Waals surface area contributed by atoms with Crippen molar-refractivity contribution in [3.05, 3.63) is 89.1 Å². The Bertz CT molecular complexity index is 1040. The fraction of sp³-hybridized carbons (Fsp3) is 0.308. The van der Waals surface area contributed by atoms with Crippen molar-refractivity contribution >= 4 is 11.6 Å². The number of pyridine rings is 1. The number of carbonyl (C=O) groups excluding carboxylic acids is 1. The minimum absolute atomic E-state index is 0.0791. The SMILES string of the molecule is O=C(NCc1ccc(OCC2CC2)nc1)c1ccc(N2CCc3ccccc3C2)cc1. The molecule has 2 heterocycles. The zero-order chi connectivity index (χ0) is 21.0. The Morgan fingerprint density at radius 3 is 2.58 bits per heavy atom. The summed E-state index contributed by atoms with van der Waals surface area (Å²) in [5.41, 5.74) is 5.59. The highest BCUT2D eigenvalue weighted by Crippen LogP contribution is 2.29. The van der Waals surface area contributed by atoms with Gasteiger partial charge in [0.05, 0.1) is 6.61 Å². The van der Waals surface area contributed by atoms with E-state index in [0.717, 1.165) is 37.4 Å². The van der Waals surface area contributed by atoms with Crippen molar-refractivity contribution in [2.45, 2.75) is 32.4 Å². The van der Waals surface area contributed by atoms with Crippen molar-refractivity contribution in [1.29, 1.82) is 0 Å². The third-order valence-corrected chi connectivity index (χ3v) is 6.04. The molecular formula is C26H27N3O2. The minimum Gasteiger partial charge on any atom is -0.477 e. The van der Waals surface area contributed by atoms with E-state index in [4.69, 9.17) is 4.74 Å². The molecule has 0 spiro atoms. The summed E-state index contributed by atoms with van der Waals surface area (Å²) in [5, 5.41) is 2.97. The molecule has 158 valence electrons. The van der Waals surface area contributed by atoms with Crippen LogP contribution in [0.1, 0.15) is 39.9 Å². The van der Waals surface area contributed by atoms with E-state index in [-0.39, 0.29) is 5.91 Å². The highest BCUT2D eigenvalue weighted by Gasteiger charge is 2.22. The standard InChI is InChI=1S/C26H27N3O2/c30-26(28-16-20-7-12-25(27-15-20)31-18-19-5-6-19)22-8-10-24(11-9-22)29-14-13-21-3-1-2-4-23(21)17-29/h1-4,7-12,15,19H,5-6,13-14,16-18H2,(H,28,30). The molecule has 1 saturated carbocycles. The molecule has 1 N–H and O–H groups in total. The number of amides is 1. The summed E-state index contributed by atoms with van der Waals surface area (Å²) in [7, 11) is 0. The number of rotatable bonds is 7. The first-order valence-electron chi connectivity index (χ1n) is 11.0. The molecule has 2 aliphatic rings. The molecule has 1 amide bonds. The summed E-state index contributed by atoms with van der Waals surface area (Å²) in [5.74, 6) is 1.28. The Morgan fingerprint density at radius 2 is 1.84 bits per heavy atom. The molecule has 1 aliphatic heterocycles. The van der Waals surface area contributed by atoms with E-state index < -0.39 is 0 Å². The average molecular weight is 414 g/mol. The molecule has 5 rings (SSSR count).